The van der Waals surface area contributed by atoms with Gasteiger partial charge in [0.1, 0.15) is 5.82 Å². The van der Waals surface area contributed by atoms with Crippen LogP contribution in [0.4, 0.5) is 10.1 Å². The number of rotatable bonds is 5. The molecule has 2 nitrogen and oxygen atoms in total. The van der Waals surface area contributed by atoms with E-state index >= 15 is 0 Å². The van der Waals surface area contributed by atoms with Crippen molar-refractivity contribution in [1.29, 1.82) is 0 Å². The summed E-state index contributed by atoms with van der Waals surface area (Å²) in [5, 5.41) is 3.13. The van der Waals surface area contributed by atoms with Crippen LogP contribution < -0.4 is 5.32 Å². The number of hydrogen-bond donors (Lipinski definition) is 1. The number of para-hydroxylation sites is 1. The molecular weight excluding hydrogens is 285 g/mol. The number of benzene rings is 1. The van der Waals surface area contributed by atoms with Crippen molar-refractivity contribution in [3.63, 3.8) is 0 Å². The Bertz CT molecular complexity index is 346. The van der Waals surface area contributed by atoms with Crippen molar-refractivity contribution >= 4 is 21.6 Å². The van der Waals surface area contributed by atoms with Gasteiger partial charge in [0.15, 0.2) is 0 Å². The molecule has 1 unspecified atom stereocenters. The van der Waals surface area contributed by atoms with Crippen molar-refractivity contribution in [2.24, 2.45) is 0 Å². The molecule has 1 aliphatic heterocycles. The lowest BCUT2D eigenvalue weighted by molar-refractivity contribution is 0.103. The molecular formula is C13H17BrFNO. The summed E-state index contributed by atoms with van der Waals surface area (Å²) in [5.41, 5.74) is 0.555. The van der Waals surface area contributed by atoms with Gasteiger partial charge in [0.25, 0.3) is 0 Å². The highest BCUT2D eigenvalue weighted by Crippen LogP contribution is 2.25. The van der Waals surface area contributed by atoms with Crippen LogP contribution in [0.25, 0.3) is 0 Å². The van der Waals surface area contributed by atoms with E-state index in [9.17, 15) is 4.39 Å². The Balaban J connectivity index is 1.74. The predicted octanol–water partition coefficient (Wildman–Crippen LogP) is 3.96. The van der Waals surface area contributed by atoms with Crippen LogP contribution in [-0.4, -0.2) is 19.3 Å². The van der Waals surface area contributed by atoms with Gasteiger partial charge >= 0.3 is 0 Å². The molecule has 1 heterocycles. The second kappa shape index (κ2) is 6.36. The van der Waals surface area contributed by atoms with Crippen LogP contribution in [0.1, 0.15) is 25.7 Å². The average Bonchev–Trinajstić information content (AvgIpc) is 2.80. The molecule has 2 rings (SSSR count). The van der Waals surface area contributed by atoms with Crippen LogP contribution in [0, 0.1) is 5.82 Å². The van der Waals surface area contributed by atoms with E-state index in [0.717, 1.165) is 30.5 Å². The second-order valence-corrected chi connectivity index (χ2v) is 5.16. The molecule has 0 spiro atoms. The maximum Gasteiger partial charge on any atom is 0.147 e. The Morgan fingerprint density at radius 2 is 2.35 bits per heavy atom. The molecule has 94 valence electrons. The Hall–Kier alpha value is -0.610. The molecule has 0 saturated carbocycles. The molecule has 17 heavy (non-hydrogen) atoms. The van der Waals surface area contributed by atoms with Gasteiger partial charge in [-0.15, -0.1) is 0 Å². The smallest absolute Gasteiger partial charge is 0.147 e. The van der Waals surface area contributed by atoms with Crippen molar-refractivity contribution in [2.45, 2.75) is 31.8 Å². The van der Waals surface area contributed by atoms with E-state index < -0.39 is 0 Å². The summed E-state index contributed by atoms with van der Waals surface area (Å²) in [6, 6.07) is 5.00. The standard InChI is InChI=1S/C13H17BrFNO/c14-11-6-1-7-12(15)13(11)16-8-2-4-10-5-3-9-17-10/h1,6-7,10,16H,2-5,8-9H2. The lowest BCUT2D eigenvalue weighted by Gasteiger charge is -2.11. The number of anilines is 1. The fourth-order valence-electron chi connectivity index (χ4n) is 2.08. The monoisotopic (exact) mass is 301 g/mol. The lowest BCUT2D eigenvalue weighted by atomic mass is 10.1. The fraction of sp³-hybridized carbons (Fsp3) is 0.538. The highest BCUT2D eigenvalue weighted by atomic mass is 79.9. The third-order valence-corrected chi connectivity index (χ3v) is 3.65. The Morgan fingerprint density at radius 1 is 1.47 bits per heavy atom. The van der Waals surface area contributed by atoms with E-state index in [1.807, 2.05) is 6.07 Å². The quantitative estimate of drug-likeness (QED) is 0.831. The first kappa shape index (κ1) is 12.8. The summed E-state index contributed by atoms with van der Waals surface area (Å²) in [4.78, 5) is 0. The maximum atomic E-state index is 13.5. The van der Waals surface area contributed by atoms with Gasteiger partial charge in [-0.25, -0.2) is 4.39 Å². The largest absolute Gasteiger partial charge is 0.382 e. The van der Waals surface area contributed by atoms with Crippen molar-refractivity contribution in [3.8, 4) is 0 Å². The van der Waals surface area contributed by atoms with E-state index in [1.165, 1.54) is 18.9 Å². The van der Waals surface area contributed by atoms with E-state index in [-0.39, 0.29) is 5.82 Å². The summed E-state index contributed by atoms with van der Waals surface area (Å²) < 4.78 is 19.8. The summed E-state index contributed by atoms with van der Waals surface area (Å²) in [5.74, 6) is -0.212. The van der Waals surface area contributed by atoms with E-state index in [0.29, 0.717) is 11.8 Å². The lowest BCUT2D eigenvalue weighted by Crippen LogP contribution is -2.10. The van der Waals surface area contributed by atoms with Crippen molar-refractivity contribution in [1.82, 2.24) is 0 Å². The van der Waals surface area contributed by atoms with Gasteiger partial charge in [-0.1, -0.05) is 6.07 Å². The summed E-state index contributed by atoms with van der Waals surface area (Å²) in [7, 11) is 0. The summed E-state index contributed by atoms with van der Waals surface area (Å²) >= 11 is 3.34. The zero-order valence-electron chi connectivity index (χ0n) is 9.72. The molecule has 4 heteroatoms. The van der Waals surface area contributed by atoms with Gasteiger partial charge in [0.05, 0.1) is 11.8 Å². The van der Waals surface area contributed by atoms with Crippen molar-refractivity contribution in [2.75, 3.05) is 18.5 Å². The van der Waals surface area contributed by atoms with Gasteiger partial charge in [-0.3, -0.25) is 0 Å². The molecule has 1 aliphatic rings. The molecule has 1 N–H and O–H groups in total. The Labute approximate surface area is 110 Å². The van der Waals surface area contributed by atoms with E-state index in [2.05, 4.69) is 21.2 Å². The zero-order valence-corrected chi connectivity index (χ0v) is 11.3. The zero-order chi connectivity index (χ0) is 12.1. The first-order chi connectivity index (χ1) is 8.27. The number of halogens is 2. The Kier molecular flexibility index (Phi) is 4.80. The molecule has 1 aromatic rings. The molecule has 0 amide bonds. The average molecular weight is 302 g/mol. The van der Waals surface area contributed by atoms with Crippen LogP contribution in [0.5, 0.6) is 0 Å². The first-order valence-corrected chi connectivity index (χ1v) is 6.86. The number of ether oxygens (including phenoxy) is 1. The minimum atomic E-state index is -0.212. The molecule has 1 atom stereocenters. The third-order valence-electron chi connectivity index (χ3n) is 2.99. The van der Waals surface area contributed by atoms with Crippen molar-refractivity contribution < 1.29 is 9.13 Å². The highest BCUT2D eigenvalue weighted by molar-refractivity contribution is 9.10. The van der Waals surface area contributed by atoms with Crippen LogP contribution in [0.2, 0.25) is 0 Å². The first-order valence-electron chi connectivity index (χ1n) is 6.07. The van der Waals surface area contributed by atoms with Crippen LogP contribution in [0.3, 0.4) is 0 Å². The third kappa shape index (κ3) is 3.68. The van der Waals surface area contributed by atoms with Gasteiger partial charge in [0.2, 0.25) is 0 Å². The SMILES string of the molecule is Fc1cccc(Br)c1NCCCC1CCCO1. The van der Waals surface area contributed by atoms with E-state index in [1.54, 1.807) is 6.07 Å². The van der Waals surface area contributed by atoms with E-state index in [4.69, 9.17) is 4.74 Å². The number of hydrogen-bond acceptors (Lipinski definition) is 2. The molecule has 1 saturated heterocycles. The molecule has 0 radical (unpaired) electrons. The molecule has 1 fully saturated rings. The minimum Gasteiger partial charge on any atom is -0.382 e. The normalized spacial score (nSPS) is 19.5. The molecule has 0 aromatic heterocycles. The van der Waals surface area contributed by atoms with Crippen LogP contribution in [-0.2, 0) is 4.74 Å². The Morgan fingerprint density at radius 3 is 3.06 bits per heavy atom. The predicted molar refractivity (Wildman–Crippen MR) is 70.8 cm³/mol. The fourth-order valence-corrected chi connectivity index (χ4v) is 2.56. The minimum absolute atomic E-state index is 0.212. The molecule has 0 aliphatic carbocycles. The van der Waals surface area contributed by atoms with Gasteiger partial charge < -0.3 is 10.1 Å². The molecule has 1 aromatic carbocycles. The summed E-state index contributed by atoms with van der Waals surface area (Å²) in [6.45, 7) is 1.68. The van der Waals surface area contributed by atoms with Crippen molar-refractivity contribution in [3.05, 3.63) is 28.5 Å². The van der Waals surface area contributed by atoms with Gasteiger partial charge in [0, 0.05) is 17.6 Å². The topological polar surface area (TPSA) is 21.3 Å². The number of nitrogens with one attached hydrogen (secondary N) is 1. The molecule has 0 bridgehead atoms. The summed E-state index contributed by atoms with van der Waals surface area (Å²) in [6.07, 6.45) is 4.83. The van der Waals surface area contributed by atoms with Gasteiger partial charge in [-0.05, 0) is 53.7 Å². The maximum absolute atomic E-state index is 13.5. The highest BCUT2D eigenvalue weighted by Gasteiger charge is 2.14. The second-order valence-electron chi connectivity index (χ2n) is 4.30. The van der Waals surface area contributed by atoms with Gasteiger partial charge in [-0.2, -0.15) is 0 Å². The van der Waals surface area contributed by atoms with Crippen LogP contribution >= 0.6 is 15.9 Å². The van der Waals surface area contributed by atoms with Crippen LogP contribution in [0.15, 0.2) is 22.7 Å².